The number of unbranched alkanes of at least 4 members (excludes halogenated alkanes) is 8. The van der Waals surface area contributed by atoms with Crippen LogP contribution in [0, 0.1) is 0 Å². The van der Waals surface area contributed by atoms with Crippen LogP contribution >= 0.6 is 0 Å². The van der Waals surface area contributed by atoms with Gasteiger partial charge in [0.05, 0.1) is 6.61 Å². The van der Waals surface area contributed by atoms with Gasteiger partial charge < -0.3 is 15.0 Å². The first-order valence-electron chi connectivity index (χ1n) is 11.6. The molecule has 1 aliphatic heterocycles. The van der Waals surface area contributed by atoms with E-state index < -0.39 is 0 Å². The summed E-state index contributed by atoms with van der Waals surface area (Å²) in [7, 11) is 4.12. The molecule has 1 N–H and O–H groups in total. The minimum Gasteiger partial charge on any atom is -0.466 e. The predicted octanol–water partition coefficient (Wildman–Crippen LogP) is 5.08. The molecule has 0 aromatic heterocycles. The number of cyclic esters (lactones) is 1. The van der Waals surface area contributed by atoms with Crippen LogP contribution < -0.4 is 5.32 Å². The zero-order valence-corrected chi connectivity index (χ0v) is 18.9. The van der Waals surface area contributed by atoms with Crippen LogP contribution in [0.15, 0.2) is 0 Å². The van der Waals surface area contributed by atoms with E-state index in [4.69, 9.17) is 4.74 Å². The lowest BCUT2D eigenvalue weighted by molar-refractivity contribution is -0.142. The molecule has 1 rings (SSSR count). The van der Waals surface area contributed by atoms with Crippen LogP contribution in [0.4, 0.5) is 0 Å². The van der Waals surface area contributed by atoms with Crippen molar-refractivity contribution in [3.05, 3.63) is 0 Å². The Morgan fingerprint density at radius 2 is 1.57 bits per heavy atom. The smallest absolute Gasteiger partial charge is 0.305 e. The Morgan fingerprint density at radius 1 is 0.929 bits per heavy atom. The molecule has 1 fully saturated rings. The second-order valence-corrected chi connectivity index (χ2v) is 8.12. The van der Waals surface area contributed by atoms with Crippen LogP contribution in [-0.2, 0) is 14.3 Å². The van der Waals surface area contributed by atoms with Crippen LogP contribution in [0.25, 0.3) is 0 Å². The maximum Gasteiger partial charge on any atom is 0.305 e. The quantitative estimate of drug-likeness (QED) is 0.327. The Kier molecular flexibility index (Phi) is 19.8. The van der Waals surface area contributed by atoms with Gasteiger partial charge in [-0.3, -0.25) is 9.59 Å². The van der Waals surface area contributed by atoms with Gasteiger partial charge in [0.15, 0.2) is 0 Å². The van der Waals surface area contributed by atoms with Gasteiger partial charge in [-0.1, -0.05) is 58.3 Å². The molecule has 1 aliphatic rings. The Hall–Kier alpha value is -1.10. The maximum absolute atomic E-state index is 11.6. The number of rotatable bonds is 14. The number of hydrogen-bond acceptors (Lipinski definition) is 4. The highest BCUT2D eigenvalue weighted by Crippen LogP contribution is 2.10. The number of carbonyl (C=O) groups excluding carboxylic acids is 2. The first kappa shape index (κ1) is 26.9. The van der Waals surface area contributed by atoms with Crippen molar-refractivity contribution in [1.29, 1.82) is 0 Å². The molecule has 28 heavy (non-hydrogen) atoms. The number of carbonyl (C=O) groups is 2. The molecule has 1 amide bonds. The lowest BCUT2D eigenvalue weighted by Gasteiger charge is -2.09. The molecule has 0 saturated carbocycles. The van der Waals surface area contributed by atoms with Crippen LogP contribution in [0.2, 0.25) is 0 Å². The summed E-state index contributed by atoms with van der Waals surface area (Å²) >= 11 is 0. The molecule has 166 valence electrons. The van der Waals surface area contributed by atoms with E-state index in [1.165, 1.54) is 51.4 Å². The van der Waals surface area contributed by atoms with E-state index >= 15 is 0 Å². The lowest BCUT2D eigenvalue weighted by Crippen LogP contribution is -2.26. The topological polar surface area (TPSA) is 58.6 Å². The summed E-state index contributed by atoms with van der Waals surface area (Å²) in [5.41, 5.74) is 0. The summed E-state index contributed by atoms with van der Waals surface area (Å²) in [5, 5.41) is 3.00. The Balaban J connectivity index is 0.000000749. The molecule has 0 radical (unpaired) electrons. The van der Waals surface area contributed by atoms with Crippen molar-refractivity contribution in [3.63, 3.8) is 0 Å². The van der Waals surface area contributed by atoms with E-state index in [1.807, 2.05) is 0 Å². The summed E-state index contributed by atoms with van der Waals surface area (Å²) in [5.74, 6) is 0.203. The van der Waals surface area contributed by atoms with Gasteiger partial charge in [-0.05, 0) is 52.7 Å². The van der Waals surface area contributed by atoms with Gasteiger partial charge in [0.2, 0.25) is 5.91 Å². The zero-order chi connectivity index (χ0) is 20.9. The third-order valence-electron chi connectivity index (χ3n) is 4.90. The number of nitrogens with zero attached hydrogens (tertiary/aromatic N) is 1. The van der Waals surface area contributed by atoms with E-state index in [9.17, 15) is 9.59 Å². The molecule has 0 unspecified atom stereocenters. The first-order chi connectivity index (χ1) is 13.6. The summed E-state index contributed by atoms with van der Waals surface area (Å²) in [4.78, 5) is 24.2. The fraction of sp³-hybridized carbons (Fsp3) is 0.913. The highest BCUT2D eigenvalue weighted by atomic mass is 16.5. The number of ether oxygens (including phenoxy) is 1. The Morgan fingerprint density at radius 3 is 2.21 bits per heavy atom. The summed E-state index contributed by atoms with van der Waals surface area (Å²) in [6.07, 6.45) is 17.3. The Labute approximate surface area is 174 Å². The minimum atomic E-state index is -0.0255. The fourth-order valence-electron chi connectivity index (χ4n) is 3.11. The molecule has 0 aliphatic carbocycles. The van der Waals surface area contributed by atoms with E-state index in [2.05, 4.69) is 31.2 Å². The maximum atomic E-state index is 11.6. The highest BCUT2D eigenvalue weighted by Gasteiger charge is 2.05. The van der Waals surface area contributed by atoms with Crippen molar-refractivity contribution in [2.24, 2.45) is 0 Å². The number of nitrogens with one attached hydrogen (secondary N) is 1. The minimum absolute atomic E-state index is 0.0255. The van der Waals surface area contributed by atoms with E-state index in [0.29, 0.717) is 19.4 Å². The van der Waals surface area contributed by atoms with Gasteiger partial charge in [0.25, 0.3) is 0 Å². The molecule has 5 nitrogen and oxygen atoms in total. The molecular weight excluding hydrogens is 352 g/mol. The second-order valence-electron chi connectivity index (χ2n) is 8.12. The molecule has 1 heterocycles. The van der Waals surface area contributed by atoms with Crippen LogP contribution in [0.3, 0.4) is 0 Å². The SMILES string of the molecule is CCCCCCCCCCCC(=O)NCCCN(C)C.O=C1CCCCCO1. The molecule has 0 bridgehead atoms. The number of esters is 1. The average molecular weight is 399 g/mol. The van der Waals surface area contributed by atoms with Crippen LogP contribution in [0.1, 0.15) is 103 Å². The van der Waals surface area contributed by atoms with E-state index in [0.717, 1.165) is 45.2 Å². The van der Waals surface area contributed by atoms with Crippen molar-refractivity contribution in [2.75, 3.05) is 33.8 Å². The molecule has 0 spiro atoms. The normalized spacial score (nSPS) is 14.1. The first-order valence-corrected chi connectivity index (χ1v) is 11.6. The molecular formula is C23H46N2O3. The van der Waals surface area contributed by atoms with Crippen LogP contribution in [0.5, 0.6) is 0 Å². The van der Waals surface area contributed by atoms with E-state index in [1.54, 1.807) is 0 Å². The van der Waals surface area contributed by atoms with Gasteiger partial charge in [-0.15, -0.1) is 0 Å². The van der Waals surface area contributed by atoms with Crippen molar-refractivity contribution in [1.82, 2.24) is 10.2 Å². The predicted molar refractivity (Wildman–Crippen MR) is 117 cm³/mol. The van der Waals surface area contributed by atoms with Crippen molar-refractivity contribution < 1.29 is 14.3 Å². The third-order valence-corrected chi connectivity index (χ3v) is 4.90. The van der Waals surface area contributed by atoms with Crippen LogP contribution in [-0.4, -0.2) is 50.6 Å². The standard InChI is InChI=1S/C17H36N2O.C6H10O2/c1-4-5-6-7-8-9-10-11-12-14-17(20)18-15-13-16-19(2)3;7-6-4-2-1-3-5-8-6/h4-16H2,1-3H3,(H,18,20);1-5H2. The number of hydrogen-bond donors (Lipinski definition) is 1. The van der Waals surface area contributed by atoms with Gasteiger partial charge >= 0.3 is 5.97 Å². The largest absolute Gasteiger partial charge is 0.466 e. The fourth-order valence-corrected chi connectivity index (χ4v) is 3.11. The van der Waals surface area contributed by atoms with Crippen molar-refractivity contribution in [2.45, 2.75) is 103 Å². The van der Waals surface area contributed by atoms with E-state index in [-0.39, 0.29) is 11.9 Å². The van der Waals surface area contributed by atoms with Crippen molar-refractivity contribution in [3.8, 4) is 0 Å². The third kappa shape index (κ3) is 21.2. The van der Waals surface area contributed by atoms with Gasteiger partial charge in [-0.2, -0.15) is 0 Å². The molecule has 0 atom stereocenters. The lowest BCUT2D eigenvalue weighted by atomic mass is 10.1. The summed E-state index contributed by atoms with van der Waals surface area (Å²) in [6.45, 7) is 4.75. The molecule has 1 saturated heterocycles. The molecule has 0 aromatic carbocycles. The van der Waals surface area contributed by atoms with Gasteiger partial charge in [0, 0.05) is 19.4 Å². The number of amides is 1. The second kappa shape index (κ2) is 20.6. The summed E-state index contributed by atoms with van der Waals surface area (Å²) < 4.78 is 4.76. The monoisotopic (exact) mass is 398 g/mol. The molecule has 5 heteroatoms. The van der Waals surface area contributed by atoms with Gasteiger partial charge in [0.1, 0.15) is 0 Å². The summed E-state index contributed by atoms with van der Waals surface area (Å²) in [6, 6.07) is 0. The average Bonchev–Trinajstić information content (AvgIpc) is 2.92. The highest BCUT2D eigenvalue weighted by molar-refractivity contribution is 5.75. The van der Waals surface area contributed by atoms with Crippen molar-refractivity contribution >= 4 is 11.9 Å². The van der Waals surface area contributed by atoms with Gasteiger partial charge in [-0.25, -0.2) is 0 Å². The Bertz CT molecular complexity index is 363. The molecule has 0 aromatic rings. The zero-order valence-electron chi connectivity index (χ0n) is 18.9.